The van der Waals surface area contributed by atoms with E-state index < -0.39 is 32.3 Å². The van der Waals surface area contributed by atoms with Gasteiger partial charge in [0.05, 0.1) is 0 Å². The van der Waals surface area contributed by atoms with Gasteiger partial charge in [0.15, 0.2) is 21.2 Å². The minimum absolute atomic E-state index is 0.00697. The zero-order chi connectivity index (χ0) is 25.8. The maximum Gasteiger partial charge on any atom is 0.528 e. The van der Waals surface area contributed by atoms with Crippen LogP contribution in [0.1, 0.15) is 39.2 Å². The van der Waals surface area contributed by atoms with Gasteiger partial charge < -0.3 is 19.6 Å². The summed E-state index contributed by atoms with van der Waals surface area (Å²) < 4.78 is 48.5. The Bertz CT molecular complexity index is 1230. The largest absolute Gasteiger partial charge is 0.528 e. The summed E-state index contributed by atoms with van der Waals surface area (Å²) in [7, 11) is -3.72. The molecule has 1 saturated heterocycles. The van der Waals surface area contributed by atoms with Crippen molar-refractivity contribution in [3.63, 3.8) is 0 Å². The van der Waals surface area contributed by atoms with Crippen LogP contribution in [0.4, 0.5) is 20.7 Å². The Kier molecular flexibility index (Phi) is 7.76. The van der Waals surface area contributed by atoms with E-state index in [0.29, 0.717) is 25.9 Å². The normalized spacial score (nSPS) is 15.2. The van der Waals surface area contributed by atoms with Gasteiger partial charge in [-0.2, -0.15) is 5.26 Å². The maximum atomic E-state index is 14.2. The molecule has 0 aliphatic carbocycles. The smallest absolute Gasteiger partial charge is 0.473 e. The third-order valence-electron chi connectivity index (χ3n) is 4.79. The number of ether oxygens (including phenoxy) is 2. The maximum absolute atomic E-state index is 14.2. The number of nitriles is 1. The summed E-state index contributed by atoms with van der Waals surface area (Å²) in [5, 5.41) is 13.9. The fraction of sp³-hybridized carbons (Fsp3) is 0.455. The van der Waals surface area contributed by atoms with Crippen molar-refractivity contribution in [1.29, 1.82) is 5.26 Å². The lowest BCUT2D eigenvalue weighted by Crippen LogP contribution is -2.40. The number of benzene rings is 1. The highest BCUT2D eigenvalue weighted by Gasteiger charge is 2.27. The third kappa shape index (κ3) is 7.24. The third-order valence-corrected chi connectivity index (χ3v) is 5.92. The molecule has 11 nitrogen and oxygen atoms in total. The fourth-order valence-corrected chi connectivity index (χ4v) is 3.97. The molecule has 35 heavy (non-hydrogen) atoms. The summed E-state index contributed by atoms with van der Waals surface area (Å²) in [6.07, 6.45) is 2.03. The van der Waals surface area contributed by atoms with Crippen LogP contribution < -0.4 is 10.1 Å². The van der Waals surface area contributed by atoms with E-state index in [4.69, 9.17) is 14.3 Å². The van der Waals surface area contributed by atoms with Gasteiger partial charge in [-0.3, -0.25) is 0 Å². The van der Waals surface area contributed by atoms with Crippen molar-refractivity contribution in [2.45, 2.75) is 50.2 Å². The number of hydrogen-bond acceptors (Lipinski definition) is 11. The Morgan fingerprint density at radius 2 is 1.94 bits per heavy atom. The van der Waals surface area contributed by atoms with Gasteiger partial charge in [0.25, 0.3) is 0 Å². The highest BCUT2D eigenvalue weighted by molar-refractivity contribution is 7.90. The molecule has 1 N–H and O–H groups in total. The number of rotatable bonds is 6. The predicted octanol–water partition coefficient (Wildman–Crippen LogP) is 3.34. The first-order valence-corrected chi connectivity index (χ1v) is 12.6. The van der Waals surface area contributed by atoms with Crippen molar-refractivity contribution in [2.24, 2.45) is 0 Å². The zero-order valence-corrected chi connectivity index (χ0v) is 20.6. The van der Waals surface area contributed by atoms with Gasteiger partial charge in [0.1, 0.15) is 34.8 Å². The van der Waals surface area contributed by atoms with Crippen LogP contribution in [0.5, 0.6) is 5.88 Å². The van der Waals surface area contributed by atoms with E-state index in [1.807, 2.05) is 6.07 Å². The lowest BCUT2D eigenvalue weighted by atomic mass is 10.1. The lowest BCUT2D eigenvalue weighted by Gasteiger charge is -2.31. The number of aromatic nitrogens is 2. The first kappa shape index (κ1) is 26.1. The quantitative estimate of drug-likeness (QED) is 0.575. The summed E-state index contributed by atoms with van der Waals surface area (Å²) in [6.45, 7) is 6.02. The molecule has 0 radical (unpaired) electrons. The second-order valence-corrected chi connectivity index (χ2v) is 10.8. The molecule has 13 heteroatoms. The van der Waals surface area contributed by atoms with Crippen molar-refractivity contribution >= 4 is 27.5 Å². The van der Waals surface area contributed by atoms with Gasteiger partial charge in [0.2, 0.25) is 5.88 Å². The van der Waals surface area contributed by atoms with Crippen LogP contribution in [0, 0.1) is 17.1 Å². The van der Waals surface area contributed by atoms with E-state index in [1.54, 1.807) is 20.8 Å². The van der Waals surface area contributed by atoms with Gasteiger partial charge >= 0.3 is 6.16 Å². The topological polar surface area (TPSA) is 144 Å². The Labute approximate surface area is 202 Å². The lowest BCUT2D eigenvalue weighted by molar-refractivity contribution is -0.159. The Morgan fingerprint density at radius 1 is 1.26 bits per heavy atom. The average molecular weight is 508 g/mol. The Balaban J connectivity index is 1.65. The monoisotopic (exact) mass is 507 g/mol. The van der Waals surface area contributed by atoms with E-state index in [0.717, 1.165) is 18.4 Å². The molecule has 0 amide bonds. The summed E-state index contributed by atoms with van der Waals surface area (Å²) in [5.41, 5.74) is -0.455. The van der Waals surface area contributed by atoms with Crippen molar-refractivity contribution < 1.29 is 31.9 Å². The summed E-state index contributed by atoms with van der Waals surface area (Å²) in [6, 6.07) is 5.48. The summed E-state index contributed by atoms with van der Waals surface area (Å²) >= 11 is 0. The van der Waals surface area contributed by atoms with Gasteiger partial charge in [0, 0.05) is 37.9 Å². The highest BCUT2D eigenvalue weighted by atomic mass is 32.2. The van der Waals surface area contributed by atoms with Crippen LogP contribution in [0.2, 0.25) is 0 Å². The number of carbonyl (C=O) groups is 1. The van der Waals surface area contributed by atoms with E-state index in [9.17, 15) is 22.9 Å². The molecule has 1 fully saturated rings. The molecule has 3 rings (SSSR count). The minimum Gasteiger partial charge on any atom is -0.473 e. The molecule has 1 aliphatic heterocycles. The number of halogens is 1. The fourth-order valence-electron chi connectivity index (χ4n) is 3.24. The summed E-state index contributed by atoms with van der Waals surface area (Å²) in [4.78, 5) is 24.7. The second kappa shape index (κ2) is 10.4. The van der Waals surface area contributed by atoms with E-state index in [2.05, 4.69) is 15.3 Å². The first-order chi connectivity index (χ1) is 16.4. The summed E-state index contributed by atoms with van der Waals surface area (Å²) in [5.74, 6) is -0.804. The molecular formula is C22H26FN5O6S. The minimum atomic E-state index is -3.72. The number of carbonyl (C=O) groups excluding carboxylic acids is 1. The van der Waals surface area contributed by atoms with Crippen molar-refractivity contribution in [2.75, 3.05) is 24.7 Å². The number of nitrogens with zero attached hydrogens (tertiary/aromatic N) is 4. The average Bonchev–Trinajstić information content (AvgIpc) is 2.73. The molecule has 1 aromatic carbocycles. The first-order valence-electron chi connectivity index (χ1n) is 10.7. The number of hydrogen-bond donors (Lipinski definition) is 1. The molecule has 1 aromatic heterocycles. The van der Waals surface area contributed by atoms with Gasteiger partial charge in [-0.25, -0.2) is 27.6 Å². The SMILES string of the molecule is CC(C)(C)OC(=O)ON1CCC(Oc2ncnc(Nc3ccc(S(C)(=O)=O)c(F)c3)c2C#N)CC1. The van der Waals surface area contributed by atoms with Gasteiger partial charge in [-0.1, -0.05) is 0 Å². The molecule has 0 bridgehead atoms. The van der Waals surface area contributed by atoms with Gasteiger partial charge in [-0.05, 0) is 39.0 Å². The molecule has 0 unspecified atom stereocenters. The van der Waals surface area contributed by atoms with Gasteiger partial charge in [-0.15, -0.1) is 5.06 Å². The number of sulfone groups is 1. The molecule has 0 spiro atoms. The highest BCUT2D eigenvalue weighted by Crippen LogP contribution is 2.28. The van der Waals surface area contributed by atoms with Crippen molar-refractivity contribution in [1.82, 2.24) is 15.0 Å². The molecule has 0 saturated carbocycles. The number of hydroxylamine groups is 2. The van der Waals surface area contributed by atoms with Crippen LogP contribution in [0.25, 0.3) is 0 Å². The van der Waals surface area contributed by atoms with Crippen molar-refractivity contribution in [3.05, 3.63) is 35.9 Å². The van der Waals surface area contributed by atoms with Crippen LogP contribution in [0.3, 0.4) is 0 Å². The van der Waals surface area contributed by atoms with Crippen LogP contribution in [0.15, 0.2) is 29.4 Å². The van der Waals surface area contributed by atoms with Crippen LogP contribution >= 0.6 is 0 Å². The Morgan fingerprint density at radius 3 is 2.51 bits per heavy atom. The number of piperidine rings is 1. The molecule has 188 valence electrons. The molecule has 0 atom stereocenters. The molecule has 2 heterocycles. The predicted molar refractivity (Wildman–Crippen MR) is 122 cm³/mol. The van der Waals surface area contributed by atoms with E-state index >= 15 is 0 Å². The van der Waals surface area contributed by atoms with Crippen molar-refractivity contribution in [3.8, 4) is 11.9 Å². The molecular weight excluding hydrogens is 481 g/mol. The van der Waals surface area contributed by atoms with Crippen LogP contribution in [-0.2, 0) is 19.4 Å². The van der Waals surface area contributed by atoms with Crippen LogP contribution in [-0.4, -0.2) is 60.7 Å². The Hall–Kier alpha value is -3.50. The van der Waals surface area contributed by atoms with E-state index in [-0.39, 0.29) is 29.1 Å². The van der Waals surface area contributed by atoms with E-state index in [1.165, 1.54) is 17.5 Å². The number of nitrogens with one attached hydrogen (secondary N) is 1. The molecule has 1 aliphatic rings. The second-order valence-electron chi connectivity index (χ2n) is 8.86. The zero-order valence-electron chi connectivity index (χ0n) is 19.7. The molecule has 2 aromatic rings. The number of anilines is 2. The standard InChI is InChI=1S/C22H26FN5O6S/c1-22(2,3)33-21(29)34-28-9-7-15(8-10-28)32-20-16(12-24)19(25-13-26-20)27-14-5-6-18(17(23)11-14)35(4,30)31/h5-6,11,13,15H,7-10H2,1-4H3,(H,25,26,27).